The van der Waals surface area contributed by atoms with Crippen LogP contribution in [-0.2, 0) is 6.54 Å². The zero-order valence-electron chi connectivity index (χ0n) is 18.6. The summed E-state index contributed by atoms with van der Waals surface area (Å²) >= 11 is 0. The van der Waals surface area contributed by atoms with Crippen LogP contribution in [-0.4, -0.2) is 39.0 Å². The summed E-state index contributed by atoms with van der Waals surface area (Å²) in [6.45, 7) is 10.1. The van der Waals surface area contributed by atoms with Crippen LogP contribution in [0.2, 0.25) is 0 Å². The lowest BCUT2D eigenvalue weighted by Crippen LogP contribution is -2.33. The van der Waals surface area contributed by atoms with Crippen molar-refractivity contribution in [3.8, 4) is 17.3 Å². The van der Waals surface area contributed by atoms with Crippen molar-refractivity contribution >= 4 is 0 Å². The molecule has 0 radical (unpaired) electrons. The summed E-state index contributed by atoms with van der Waals surface area (Å²) in [5.41, 5.74) is 2.92. The third-order valence-corrected chi connectivity index (χ3v) is 5.19. The number of ether oxygens (including phenoxy) is 1. The Morgan fingerprint density at radius 1 is 1.13 bits per heavy atom. The van der Waals surface area contributed by atoms with E-state index in [0.29, 0.717) is 13.1 Å². The van der Waals surface area contributed by atoms with Gasteiger partial charge in [-0.15, -0.1) is 6.58 Å². The highest BCUT2D eigenvalue weighted by molar-refractivity contribution is 5.43. The summed E-state index contributed by atoms with van der Waals surface area (Å²) in [7, 11) is 0. The molecule has 5 nitrogen and oxygen atoms in total. The van der Waals surface area contributed by atoms with Crippen LogP contribution in [0.15, 0.2) is 73.3 Å². The zero-order valence-corrected chi connectivity index (χ0v) is 18.6. The largest absolute Gasteiger partial charge is 0.439 e. The van der Waals surface area contributed by atoms with Crippen LogP contribution < -0.4 is 4.74 Å². The van der Waals surface area contributed by atoms with Crippen LogP contribution in [0.4, 0.5) is 0 Å². The number of benzene rings is 2. The number of allylic oxidation sites excluding steroid dienone is 1. The normalized spacial score (nSPS) is 12.1. The van der Waals surface area contributed by atoms with Gasteiger partial charge in [-0.1, -0.05) is 49.4 Å². The van der Waals surface area contributed by atoms with E-state index in [2.05, 4.69) is 18.4 Å². The molecule has 0 spiro atoms. The fourth-order valence-electron chi connectivity index (χ4n) is 3.64. The molecule has 31 heavy (non-hydrogen) atoms. The summed E-state index contributed by atoms with van der Waals surface area (Å²) in [5, 5.41) is 15.3. The van der Waals surface area contributed by atoms with Gasteiger partial charge in [0.2, 0.25) is 5.88 Å². The summed E-state index contributed by atoms with van der Waals surface area (Å²) in [4.78, 5) is 2.28. The molecule has 2 aromatic carbocycles. The molecule has 0 aliphatic rings. The van der Waals surface area contributed by atoms with Crippen LogP contribution >= 0.6 is 0 Å². The predicted molar refractivity (Wildman–Crippen MR) is 126 cm³/mol. The standard InChI is InChI=1S/C26H33N3O2/c1-4-6-15-23(30)19-28(18-5-2)20-25-21(3)27-29(22-13-9-7-10-14-22)26(25)31-24-16-11-8-12-17-24/h4,7-14,16-17,23,30H,1,5-6,15,18-20H2,2-3H3/t23-/m0/s1. The maximum Gasteiger partial charge on any atom is 0.227 e. The number of nitrogens with zero attached hydrogens (tertiary/aromatic N) is 3. The van der Waals surface area contributed by atoms with E-state index in [9.17, 15) is 5.11 Å². The zero-order chi connectivity index (χ0) is 22.1. The average molecular weight is 420 g/mol. The average Bonchev–Trinajstić information content (AvgIpc) is 3.09. The predicted octanol–water partition coefficient (Wildman–Crippen LogP) is 5.51. The van der Waals surface area contributed by atoms with Gasteiger partial charge in [0, 0.05) is 13.1 Å². The first-order valence-corrected chi connectivity index (χ1v) is 11.0. The van der Waals surface area contributed by atoms with E-state index in [1.54, 1.807) is 0 Å². The van der Waals surface area contributed by atoms with Crippen molar-refractivity contribution in [2.75, 3.05) is 13.1 Å². The Balaban J connectivity index is 1.93. The van der Waals surface area contributed by atoms with Gasteiger partial charge in [-0.05, 0) is 57.0 Å². The number of aliphatic hydroxyl groups is 1. The summed E-state index contributed by atoms with van der Waals surface area (Å²) in [5.74, 6) is 1.49. The van der Waals surface area contributed by atoms with Gasteiger partial charge in [0.05, 0.1) is 23.0 Å². The van der Waals surface area contributed by atoms with Crippen molar-refractivity contribution in [1.82, 2.24) is 14.7 Å². The van der Waals surface area contributed by atoms with Crippen LogP contribution in [0.1, 0.15) is 37.4 Å². The molecular weight excluding hydrogens is 386 g/mol. The SMILES string of the molecule is C=CCC[C@H](O)CN(CCC)Cc1c(C)nn(-c2ccccc2)c1Oc1ccccc1. The Morgan fingerprint density at radius 2 is 1.81 bits per heavy atom. The van der Waals surface area contributed by atoms with Gasteiger partial charge in [0.15, 0.2) is 0 Å². The minimum absolute atomic E-state index is 0.382. The van der Waals surface area contributed by atoms with Gasteiger partial charge in [-0.2, -0.15) is 5.10 Å². The minimum Gasteiger partial charge on any atom is -0.439 e. The van der Waals surface area contributed by atoms with Gasteiger partial charge >= 0.3 is 0 Å². The van der Waals surface area contributed by atoms with Crippen LogP contribution in [0.5, 0.6) is 11.6 Å². The first kappa shape index (κ1) is 22.8. The first-order chi connectivity index (χ1) is 15.1. The van der Waals surface area contributed by atoms with Crippen LogP contribution in [0, 0.1) is 6.92 Å². The number of hydrogen-bond acceptors (Lipinski definition) is 4. The van der Waals surface area contributed by atoms with Gasteiger partial charge in [0.25, 0.3) is 0 Å². The van der Waals surface area contributed by atoms with Crippen molar-refractivity contribution in [3.63, 3.8) is 0 Å². The van der Waals surface area contributed by atoms with Gasteiger partial charge in [0.1, 0.15) is 5.75 Å². The Labute approximate surface area is 185 Å². The lowest BCUT2D eigenvalue weighted by Gasteiger charge is -2.25. The van der Waals surface area contributed by atoms with E-state index in [1.807, 2.05) is 78.3 Å². The third-order valence-electron chi connectivity index (χ3n) is 5.19. The molecule has 0 saturated carbocycles. The molecule has 1 heterocycles. The topological polar surface area (TPSA) is 50.5 Å². The highest BCUT2D eigenvalue weighted by atomic mass is 16.5. The highest BCUT2D eigenvalue weighted by Crippen LogP contribution is 2.31. The Bertz CT molecular complexity index is 938. The number of para-hydroxylation sites is 2. The van der Waals surface area contributed by atoms with E-state index in [0.717, 1.165) is 54.4 Å². The van der Waals surface area contributed by atoms with Crippen molar-refractivity contribution in [3.05, 3.63) is 84.6 Å². The van der Waals surface area contributed by atoms with Crippen LogP contribution in [0.3, 0.4) is 0 Å². The van der Waals surface area contributed by atoms with E-state index in [1.165, 1.54) is 0 Å². The monoisotopic (exact) mass is 419 g/mol. The Morgan fingerprint density at radius 3 is 2.45 bits per heavy atom. The van der Waals surface area contributed by atoms with E-state index >= 15 is 0 Å². The van der Waals surface area contributed by atoms with Crippen LogP contribution in [0.25, 0.3) is 5.69 Å². The molecule has 3 aromatic rings. The minimum atomic E-state index is -0.382. The molecule has 5 heteroatoms. The first-order valence-electron chi connectivity index (χ1n) is 11.0. The molecule has 1 N–H and O–H groups in total. The molecule has 1 aromatic heterocycles. The second kappa shape index (κ2) is 11.5. The lowest BCUT2D eigenvalue weighted by atomic mass is 10.1. The molecule has 3 rings (SSSR count). The summed E-state index contributed by atoms with van der Waals surface area (Å²) < 4.78 is 8.23. The molecule has 164 valence electrons. The third kappa shape index (κ3) is 6.29. The van der Waals surface area contributed by atoms with Crippen molar-refractivity contribution in [2.45, 2.75) is 45.8 Å². The summed E-state index contributed by atoms with van der Waals surface area (Å²) in [6, 6.07) is 19.8. The van der Waals surface area contributed by atoms with Crippen molar-refractivity contribution in [1.29, 1.82) is 0 Å². The molecule has 0 aliphatic heterocycles. The van der Waals surface area contributed by atoms with E-state index < -0.39 is 0 Å². The molecular formula is C26H33N3O2. The number of aryl methyl sites for hydroxylation is 1. The Hall–Kier alpha value is -2.89. The highest BCUT2D eigenvalue weighted by Gasteiger charge is 2.22. The molecule has 0 amide bonds. The van der Waals surface area contributed by atoms with Gasteiger partial charge in [-0.25, -0.2) is 4.68 Å². The van der Waals surface area contributed by atoms with E-state index in [4.69, 9.17) is 9.84 Å². The number of hydrogen-bond donors (Lipinski definition) is 1. The second-order valence-electron chi connectivity index (χ2n) is 7.79. The van der Waals surface area contributed by atoms with Crippen molar-refractivity contribution in [2.24, 2.45) is 0 Å². The maximum atomic E-state index is 10.5. The summed E-state index contributed by atoms with van der Waals surface area (Å²) in [6.07, 6.45) is 4.02. The van der Waals surface area contributed by atoms with Crippen molar-refractivity contribution < 1.29 is 9.84 Å². The number of aromatic nitrogens is 2. The van der Waals surface area contributed by atoms with E-state index in [-0.39, 0.29) is 6.10 Å². The fraction of sp³-hybridized carbons (Fsp3) is 0.346. The Kier molecular flexibility index (Phi) is 8.44. The maximum absolute atomic E-state index is 10.5. The molecule has 0 aliphatic carbocycles. The van der Waals surface area contributed by atoms with Gasteiger partial charge < -0.3 is 9.84 Å². The second-order valence-corrected chi connectivity index (χ2v) is 7.79. The number of rotatable bonds is 12. The molecule has 1 atom stereocenters. The van der Waals surface area contributed by atoms with Gasteiger partial charge in [-0.3, -0.25) is 4.90 Å². The lowest BCUT2D eigenvalue weighted by molar-refractivity contribution is 0.102. The quantitative estimate of drug-likeness (QED) is 0.393. The molecule has 0 fully saturated rings. The molecule has 0 saturated heterocycles. The molecule has 0 unspecified atom stereocenters. The fourth-order valence-corrected chi connectivity index (χ4v) is 3.64. The molecule has 0 bridgehead atoms. The smallest absolute Gasteiger partial charge is 0.227 e. The number of aliphatic hydroxyl groups excluding tert-OH is 1.